The van der Waals surface area contributed by atoms with E-state index in [9.17, 15) is 5.11 Å². The molecule has 3 aromatic rings. The van der Waals surface area contributed by atoms with Crippen molar-refractivity contribution in [3.05, 3.63) is 54.2 Å². The van der Waals surface area contributed by atoms with Crippen LogP contribution < -0.4 is 0 Å². The summed E-state index contributed by atoms with van der Waals surface area (Å²) >= 11 is 1.75. The van der Waals surface area contributed by atoms with Gasteiger partial charge in [-0.3, -0.25) is 0 Å². The maximum absolute atomic E-state index is 9.38. The molecule has 0 amide bonds. The molecule has 0 bridgehead atoms. The number of phenols is 1. The predicted octanol–water partition coefficient (Wildman–Crippen LogP) is 5.15. The summed E-state index contributed by atoms with van der Waals surface area (Å²) in [6.07, 6.45) is 0. The molecule has 0 unspecified atom stereocenters. The van der Waals surface area contributed by atoms with Crippen LogP contribution in [0.4, 0.5) is 0 Å². The topological polar surface area (TPSA) is 36.0 Å². The fourth-order valence-corrected chi connectivity index (χ4v) is 3.48. The van der Waals surface area contributed by atoms with Gasteiger partial charge in [0.15, 0.2) is 0 Å². The van der Waals surface area contributed by atoms with E-state index in [1.54, 1.807) is 23.9 Å². The molecule has 0 spiro atoms. The van der Waals surface area contributed by atoms with Gasteiger partial charge in [0.05, 0.1) is 0 Å². The van der Waals surface area contributed by atoms with E-state index in [0.717, 1.165) is 4.90 Å². The zero-order chi connectivity index (χ0) is 14.1. The molecule has 0 radical (unpaired) electrons. The number of phenolic OH excluding ortho intramolecular Hbond substituents is 1. The summed E-state index contributed by atoms with van der Waals surface area (Å²) < 4.78 is 0. The Balaban J connectivity index is 2.09. The summed E-state index contributed by atoms with van der Waals surface area (Å²) in [5, 5.41) is 10.6. The quantitative estimate of drug-likeness (QED) is 0.697. The van der Waals surface area contributed by atoms with Gasteiger partial charge in [0, 0.05) is 26.4 Å². The molecule has 1 aromatic heterocycles. The van der Waals surface area contributed by atoms with E-state index in [0.29, 0.717) is 11.7 Å². The second-order valence-electron chi connectivity index (χ2n) is 5.16. The van der Waals surface area contributed by atoms with E-state index in [4.69, 9.17) is 0 Å². The highest BCUT2D eigenvalue weighted by atomic mass is 32.2. The largest absolute Gasteiger partial charge is 0.508 e. The molecule has 2 N–H and O–H groups in total. The summed E-state index contributed by atoms with van der Waals surface area (Å²) in [6.45, 7) is 4.40. The van der Waals surface area contributed by atoms with Gasteiger partial charge in [-0.25, -0.2) is 0 Å². The molecule has 0 fully saturated rings. The molecule has 0 aliphatic carbocycles. The second kappa shape index (κ2) is 5.25. The van der Waals surface area contributed by atoms with Gasteiger partial charge in [0.2, 0.25) is 0 Å². The Kier molecular flexibility index (Phi) is 3.45. The molecular weight excluding hydrogens is 266 g/mol. The normalized spacial score (nSPS) is 11.3. The fraction of sp³-hybridized carbons (Fsp3) is 0.176. The number of benzene rings is 2. The van der Waals surface area contributed by atoms with Gasteiger partial charge < -0.3 is 10.1 Å². The Hall–Kier alpha value is -1.87. The summed E-state index contributed by atoms with van der Waals surface area (Å²) in [5.74, 6) is 0.749. The average molecular weight is 283 g/mol. The van der Waals surface area contributed by atoms with Crippen LogP contribution in [0.15, 0.2) is 58.3 Å². The molecule has 2 nitrogen and oxygen atoms in total. The van der Waals surface area contributed by atoms with Crippen molar-refractivity contribution in [2.45, 2.75) is 29.6 Å². The molecule has 20 heavy (non-hydrogen) atoms. The lowest BCUT2D eigenvalue weighted by atomic mass is 10.1. The number of H-pyrrole nitrogens is 1. The molecule has 0 saturated heterocycles. The lowest BCUT2D eigenvalue weighted by molar-refractivity contribution is 0.475. The van der Waals surface area contributed by atoms with Crippen molar-refractivity contribution in [2.75, 3.05) is 0 Å². The van der Waals surface area contributed by atoms with Crippen LogP contribution in [-0.4, -0.2) is 10.1 Å². The molecule has 2 aromatic carbocycles. The number of hydrogen-bond donors (Lipinski definition) is 2. The van der Waals surface area contributed by atoms with Crippen LogP contribution in [0, 0.1) is 0 Å². The summed E-state index contributed by atoms with van der Waals surface area (Å²) in [6, 6.07) is 15.7. The number of nitrogens with one attached hydrogen (secondary N) is 1. The smallest absolute Gasteiger partial charge is 0.115 e. The van der Waals surface area contributed by atoms with Crippen molar-refractivity contribution in [1.29, 1.82) is 0 Å². The van der Waals surface area contributed by atoms with Crippen molar-refractivity contribution >= 4 is 22.7 Å². The third-order valence-corrected chi connectivity index (χ3v) is 4.47. The average Bonchev–Trinajstić information content (AvgIpc) is 2.81. The number of fused-ring (bicyclic) bond motifs is 1. The van der Waals surface area contributed by atoms with Gasteiger partial charge in [-0.05, 0) is 36.2 Å². The number of aromatic hydroxyl groups is 1. The molecule has 102 valence electrons. The first-order valence-electron chi connectivity index (χ1n) is 6.72. The number of hydrogen-bond acceptors (Lipinski definition) is 2. The highest BCUT2D eigenvalue weighted by molar-refractivity contribution is 7.99. The Morgan fingerprint density at radius 3 is 2.40 bits per heavy atom. The van der Waals surface area contributed by atoms with E-state index in [1.165, 1.54) is 21.5 Å². The molecule has 0 saturated carbocycles. The van der Waals surface area contributed by atoms with Crippen molar-refractivity contribution < 1.29 is 5.11 Å². The van der Waals surface area contributed by atoms with Crippen molar-refractivity contribution in [3.8, 4) is 5.75 Å². The number of rotatable bonds is 3. The lowest BCUT2D eigenvalue weighted by Gasteiger charge is -2.07. The van der Waals surface area contributed by atoms with Crippen molar-refractivity contribution in [2.24, 2.45) is 0 Å². The van der Waals surface area contributed by atoms with Gasteiger partial charge in [-0.15, -0.1) is 0 Å². The summed E-state index contributed by atoms with van der Waals surface area (Å²) in [7, 11) is 0. The van der Waals surface area contributed by atoms with Crippen LogP contribution in [0.1, 0.15) is 25.5 Å². The molecule has 0 aliphatic rings. The van der Waals surface area contributed by atoms with Crippen molar-refractivity contribution in [1.82, 2.24) is 4.98 Å². The minimum atomic E-state index is 0.303. The molecule has 0 atom stereocenters. The Morgan fingerprint density at radius 2 is 1.70 bits per heavy atom. The number of para-hydroxylation sites is 1. The fourth-order valence-electron chi connectivity index (χ4n) is 2.29. The van der Waals surface area contributed by atoms with Gasteiger partial charge in [-0.1, -0.05) is 43.8 Å². The number of aromatic nitrogens is 1. The molecule has 3 heteroatoms. The van der Waals surface area contributed by atoms with Gasteiger partial charge in [0.1, 0.15) is 5.75 Å². The Morgan fingerprint density at radius 1 is 1.00 bits per heavy atom. The predicted molar refractivity (Wildman–Crippen MR) is 84.6 cm³/mol. The Labute approximate surface area is 122 Å². The van der Waals surface area contributed by atoms with Crippen LogP contribution in [0.3, 0.4) is 0 Å². The summed E-state index contributed by atoms with van der Waals surface area (Å²) in [4.78, 5) is 5.94. The first kappa shape index (κ1) is 13.1. The van der Waals surface area contributed by atoms with Gasteiger partial charge in [-0.2, -0.15) is 0 Å². The first-order valence-corrected chi connectivity index (χ1v) is 7.54. The van der Waals surface area contributed by atoms with Crippen LogP contribution in [0.2, 0.25) is 0 Å². The van der Waals surface area contributed by atoms with E-state index >= 15 is 0 Å². The van der Waals surface area contributed by atoms with E-state index < -0.39 is 0 Å². The molecule has 0 aliphatic heterocycles. The van der Waals surface area contributed by atoms with Gasteiger partial charge >= 0.3 is 0 Å². The summed E-state index contributed by atoms with van der Waals surface area (Å²) in [5.41, 5.74) is 2.45. The highest BCUT2D eigenvalue weighted by Gasteiger charge is 2.14. The second-order valence-corrected chi connectivity index (χ2v) is 6.25. The Bertz CT molecular complexity index is 728. The van der Waals surface area contributed by atoms with Crippen LogP contribution in [0.25, 0.3) is 10.9 Å². The third-order valence-electron chi connectivity index (χ3n) is 3.32. The molecule has 1 heterocycles. The number of aromatic amines is 1. The lowest BCUT2D eigenvalue weighted by Crippen LogP contribution is -1.89. The standard InChI is InChI=1S/C17H17NOS/c1-11(2)16-17(14-5-3-4-6-15(14)18-16)20-13-9-7-12(19)8-10-13/h3-11,18-19H,1-2H3. The zero-order valence-corrected chi connectivity index (χ0v) is 12.4. The van der Waals surface area contributed by atoms with E-state index in [1.807, 2.05) is 12.1 Å². The van der Waals surface area contributed by atoms with Crippen LogP contribution in [0.5, 0.6) is 5.75 Å². The third kappa shape index (κ3) is 2.41. The minimum absolute atomic E-state index is 0.303. The monoisotopic (exact) mass is 283 g/mol. The van der Waals surface area contributed by atoms with Crippen molar-refractivity contribution in [3.63, 3.8) is 0 Å². The maximum Gasteiger partial charge on any atom is 0.115 e. The van der Waals surface area contributed by atoms with Crippen LogP contribution in [-0.2, 0) is 0 Å². The maximum atomic E-state index is 9.38. The highest BCUT2D eigenvalue weighted by Crippen LogP contribution is 2.39. The van der Waals surface area contributed by atoms with Gasteiger partial charge in [0.25, 0.3) is 0 Å². The van der Waals surface area contributed by atoms with E-state index in [2.05, 4.69) is 43.1 Å². The molecule has 3 rings (SSSR count). The van der Waals surface area contributed by atoms with E-state index in [-0.39, 0.29) is 0 Å². The SMILES string of the molecule is CC(C)c1[nH]c2ccccc2c1Sc1ccc(O)cc1. The molecular formula is C17H17NOS. The van der Waals surface area contributed by atoms with Crippen LogP contribution >= 0.6 is 11.8 Å². The zero-order valence-electron chi connectivity index (χ0n) is 11.6. The minimum Gasteiger partial charge on any atom is -0.508 e. The first-order chi connectivity index (χ1) is 9.65.